The summed E-state index contributed by atoms with van der Waals surface area (Å²) in [5.41, 5.74) is 5.83. The van der Waals surface area contributed by atoms with Crippen LogP contribution in [0.5, 0.6) is 0 Å². The van der Waals surface area contributed by atoms with E-state index in [1.54, 1.807) is 6.92 Å². The van der Waals surface area contributed by atoms with E-state index in [0.717, 1.165) is 6.42 Å². The molecule has 1 rings (SSSR count). The SMILES string of the molecule is C[C@H](N)C(=O)N(C)C1CCC1(C)C. The Balaban J connectivity index is 2.58. The maximum absolute atomic E-state index is 11.6. The fraction of sp³-hybridized carbons (Fsp3) is 0.900. The lowest BCUT2D eigenvalue weighted by atomic mass is 9.66. The molecule has 0 aliphatic heterocycles. The van der Waals surface area contributed by atoms with Crippen molar-refractivity contribution in [2.75, 3.05) is 7.05 Å². The minimum absolute atomic E-state index is 0.0535. The summed E-state index contributed by atoms with van der Waals surface area (Å²) in [4.78, 5) is 13.4. The molecule has 76 valence electrons. The normalized spacial score (nSPS) is 27.6. The Hall–Kier alpha value is -0.570. The van der Waals surface area contributed by atoms with Crippen molar-refractivity contribution in [1.82, 2.24) is 4.90 Å². The second kappa shape index (κ2) is 3.29. The summed E-state index contributed by atoms with van der Waals surface area (Å²) in [6, 6.07) is 0.00685. The third kappa shape index (κ3) is 1.85. The van der Waals surface area contributed by atoms with E-state index in [9.17, 15) is 4.79 Å². The van der Waals surface area contributed by atoms with Crippen molar-refractivity contribution in [3.8, 4) is 0 Å². The number of carbonyl (C=O) groups is 1. The molecule has 0 heterocycles. The minimum Gasteiger partial charge on any atom is -0.341 e. The van der Waals surface area contributed by atoms with Gasteiger partial charge >= 0.3 is 0 Å². The average molecular weight is 184 g/mol. The molecule has 1 aliphatic rings. The van der Waals surface area contributed by atoms with Crippen LogP contribution in [0.25, 0.3) is 0 Å². The van der Waals surface area contributed by atoms with Crippen molar-refractivity contribution in [1.29, 1.82) is 0 Å². The molecule has 13 heavy (non-hydrogen) atoms. The highest BCUT2D eigenvalue weighted by atomic mass is 16.2. The lowest BCUT2D eigenvalue weighted by molar-refractivity contribution is -0.139. The quantitative estimate of drug-likeness (QED) is 0.695. The number of carbonyl (C=O) groups excluding carboxylic acids is 1. The van der Waals surface area contributed by atoms with Crippen LogP contribution >= 0.6 is 0 Å². The molecule has 0 spiro atoms. The summed E-state index contributed by atoms with van der Waals surface area (Å²) >= 11 is 0. The molecular weight excluding hydrogens is 164 g/mol. The second-order valence-corrected chi connectivity index (χ2v) is 4.78. The van der Waals surface area contributed by atoms with Crippen LogP contribution in [0, 0.1) is 5.41 Å². The lowest BCUT2D eigenvalue weighted by Crippen LogP contribution is -2.55. The van der Waals surface area contributed by atoms with Crippen LogP contribution in [0.4, 0.5) is 0 Å². The van der Waals surface area contributed by atoms with Gasteiger partial charge in [-0.3, -0.25) is 4.79 Å². The van der Waals surface area contributed by atoms with E-state index >= 15 is 0 Å². The summed E-state index contributed by atoms with van der Waals surface area (Å²) in [6.07, 6.45) is 2.32. The Kier molecular flexibility index (Phi) is 2.66. The van der Waals surface area contributed by atoms with Gasteiger partial charge in [0.25, 0.3) is 0 Å². The Labute approximate surface area is 80.3 Å². The van der Waals surface area contributed by atoms with Gasteiger partial charge in [-0.25, -0.2) is 0 Å². The highest BCUT2D eigenvalue weighted by Gasteiger charge is 2.42. The van der Waals surface area contributed by atoms with E-state index in [0.29, 0.717) is 6.04 Å². The largest absolute Gasteiger partial charge is 0.341 e. The van der Waals surface area contributed by atoms with Crippen molar-refractivity contribution >= 4 is 5.91 Å². The van der Waals surface area contributed by atoms with Crippen LogP contribution in [0.2, 0.25) is 0 Å². The van der Waals surface area contributed by atoms with Crippen LogP contribution in [0.3, 0.4) is 0 Å². The number of rotatable bonds is 2. The number of hydrogen-bond donors (Lipinski definition) is 1. The molecule has 0 aromatic rings. The van der Waals surface area contributed by atoms with Crippen molar-refractivity contribution in [3.05, 3.63) is 0 Å². The van der Waals surface area contributed by atoms with E-state index in [-0.39, 0.29) is 17.4 Å². The molecule has 0 bridgehead atoms. The maximum Gasteiger partial charge on any atom is 0.239 e. The highest BCUT2D eigenvalue weighted by Crippen LogP contribution is 2.42. The van der Waals surface area contributed by atoms with Crippen LogP contribution in [0.1, 0.15) is 33.6 Å². The van der Waals surface area contributed by atoms with Crippen LogP contribution in [-0.4, -0.2) is 29.9 Å². The van der Waals surface area contributed by atoms with Crippen LogP contribution in [-0.2, 0) is 4.79 Å². The van der Waals surface area contributed by atoms with E-state index in [4.69, 9.17) is 5.73 Å². The maximum atomic E-state index is 11.6. The topological polar surface area (TPSA) is 46.3 Å². The van der Waals surface area contributed by atoms with Crippen molar-refractivity contribution in [2.24, 2.45) is 11.1 Å². The van der Waals surface area contributed by atoms with Crippen LogP contribution < -0.4 is 5.73 Å². The Morgan fingerprint density at radius 2 is 2.15 bits per heavy atom. The second-order valence-electron chi connectivity index (χ2n) is 4.78. The summed E-state index contributed by atoms with van der Waals surface area (Å²) in [5.74, 6) is 0.0535. The Morgan fingerprint density at radius 1 is 1.62 bits per heavy atom. The molecule has 0 radical (unpaired) electrons. The fourth-order valence-corrected chi connectivity index (χ4v) is 2.04. The molecule has 1 unspecified atom stereocenters. The predicted octanol–water partition coefficient (Wildman–Crippen LogP) is 0.981. The summed E-state index contributed by atoms with van der Waals surface area (Å²) in [7, 11) is 1.86. The minimum atomic E-state index is -0.374. The van der Waals surface area contributed by atoms with Crippen molar-refractivity contribution in [2.45, 2.75) is 45.7 Å². The van der Waals surface area contributed by atoms with E-state index in [2.05, 4.69) is 13.8 Å². The molecule has 3 nitrogen and oxygen atoms in total. The van der Waals surface area contributed by atoms with Crippen LogP contribution in [0.15, 0.2) is 0 Å². The molecule has 1 aliphatic carbocycles. The van der Waals surface area contributed by atoms with Gasteiger partial charge in [0.05, 0.1) is 6.04 Å². The van der Waals surface area contributed by atoms with Gasteiger partial charge in [0, 0.05) is 13.1 Å². The molecule has 0 aromatic carbocycles. The van der Waals surface area contributed by atoms with Gasteiger partial charge in [-0.2, -0.15) is 0 Å². The van der Waals surface area contributed by atoms with Crippen molar-refractivity contribution in [3.63, 3.8) is 0 Å². The monoisotopic (exact) mass is 184 g/mol. The zero-order valence-electron chi connectivity index (χ0n) is 9.00. The lowest BCUT2D eigenvalue weighted by Gasteiger charge is -2.49. The third-order valence-electron chi connectivity index (χ3n) is 3.17. The number of amides is 1. The Bertz CT molecular complexity index is 211. The zero-order valence-corrected chi connectivity index (χ0v) is 9.00. The smallest absolute Gasteiger partial charge is 0.239 e. The fourth-order valence-electron chi connectivity index (χ4n) is 2.04. The first-order valence-electron chi connectivity index (χ1n) is 4.88. The summed E-state index contributed by atoms with van der Waals surface area (Å²) in [5, 5.41) is 0. The van der Waals surface area contributed by atoms with E-state index < -0.39 is 0 Å². The predicted molar refractivity (Wildman–Crippen MR) is 53.2 cm³/mol. The van der Waals surface area contributed by atoms with Gasteiger partial charge in [-0.05, 0) is 25.2 Å². The first kappa shape index (κ1) is 10.5. The summed E-state index contributed by atoms with van der Waals surface area (Å²) in [6.45, 7) is 6.14. The van der Waals surface area contributed by atoms with Gasteiger partial charge < -0.3 is 10.6 Å². The van der Waals surface area contributed by atoms with E-state index in [1.165, 1.54) is 6.42 Å². The van der Waals surface area contributed by atoms with Gasteiger partial charge in [0.2, 0.25) is 5.91 Å². The highest BCUT2D eigenvalue weighted by molar-refractivity contribution is 5.81. The molecule has 2 N–H and O–H groups in total. The van der Waals surface area contributed by atoms with Crippen molar-refractivity contribution < 1.29 is 4.79 Å². The molecule has 0 saturated heterocycles. The Morgan fingerprint density at radius 3 is 2.38 bits per heavy atom. The molecular formula is C10H20N2O. The first-order chi connectivity index (χ1) is 5.86. The molecule has 0 aromatic heterocycles. The number of likely N-dealkylation sites (N-methyl/N-ethyl adjacent to an activating group) is 1. The van der Waals surface area contributed by atoms with Gasteiger partial charge in [-0.1, -0.05) is 13.8 Å². The molecule has 1 amide bonds. The number of hydrogen-bond acceptors (Lipinski definition) is 2. The molecule has 3 heteroatoms. The van der Waals surface area contributed by atoms with Gasteiger partial charge in [0.15, 0.2) is 0 Å². The van der Waals surface area contributed by atoms with Gasteiger partial charge in [0.1, 0.15) is 0 Å². The number of nitrogens with zero attached hydrogens (tertiary/aromatic N) is 1. The molecule has 2 atom stereocenters. The van der Waals surface area contributed by atoms with Gasteiger partial charge in [-0.15, -0.1) is 0 Å². The molecule has 1 saturated carbocycles. The number of nitrogens with two attached hydrogens (primary N) is 1. The standard InChI is InChI=1S/C10H20N2O/c1-7(11)9(13)12(4)8-5-6-10(8,2)3/h7-8H,5-6,11H2,1-4H3/t7-,8?/m0/s1. The van der Waals surface area contributed by atoms with E-state index in [1.807, 2.05) is 11.9 Å². The third-order valence-corrected chi connectivity index (χ3v) is 3.17. The first-order valence-corrected chi connectivity index (χ1v) is 4.88. The average Bonchev–Trinajstić information content (AvgIpc) is 2.01. The zero-order chi connectivity index (χ0) is 10.2. The summed E-state index contributed by atoms with van der Waals surface area (Å²) < 4.78 is 0. The molecule has 1 fully saturated rings.